The summed E-state index contributed by atoms with van der Waals surface area (Å²) in [7, 11) is 0. The molecule has 7 nitrogen and oxygen atoms in total. The molecule has 4 rings (SSSR count). The topological polar surface area (TPSA) is 92.8 Å². The molecule has 0 radical (unpaired) electrons. The summed E-state index contributed by atoms with van der Waals surface area (Å²) in [6, 6.07) is 13.5. The van der Waals surface area contributed by atoms with Gasteiger partial charge in [-0.1, -0.05) is 31.2 Å². The fourth-order valence-corrected chi connectivity index (χ4v) is 4.04. The molecule has 32 heavy (non-hydrogen) atoms. The fourth-order valence-electron chi connectivity index (χ4n) is 4.04. The maximum atomic E-state index is 12.7. The summed E-state index contributed by atoms with van der Waals surface area (Å²) in [5, 5.41) is 2.68. The Kier molecular flexibility index (Phi) is 6.16. The molecule has 7 heteroatoms. The molecule has 1 heterocycles. The van der Waals surface area contributed by atoms with Gasteiger partial charge in [0.2, 0.25) is 11.8 Å². The number of benzene rings is 2. The summed E-state index contributed by atoms with van der Waals surface area (Å²) in [4.78, 5) is 50.9. The number of aryl methyl sites for hydroxylation is 1. The molecular weight excluding hydrogens is 408 g/mol. The highest BCUT2D eigenvalue weighted by Gasteiger charge is 2.47. The number of nitrogens with one attached hydrogen (secondary N) is 1. The first-order valence-electron chi connectivity index (χ1n) is 10.7. The Morgan fingerprint density at radius 3 is 2.09 bits per heavy atom. The second-order valence-electron chi connectivity index (χ2n) is 7.89. The Balaban J connectivity index is 1.33. The zero-order valence-electron chi connectivity index (χ0n) is 17.7. The number of esters is 1. The van der Waals surface area contributed by atoms with Gasteiger partial charge < -0.3 is 10.1 Å². The predicted molar refractivity (Wildman–Crippen MR) is 119 cm³/mol. The van der Waals surface area contributed by atoms with Gasteiger partial charge in [-0.2, -0.15) is 0 Å². The minimum absolute atomic E-state index is 0.205. The number of imide groups is 1. The lowest BCUT2D eigenvalue weighted by molar-refractivity contribution is -0.122. The number of nitrogens with zero attached hydrogens (tertiary/aromatic N) is 1. The molecule has 0 aromatic heterocycles. The van der Waals surface area contributed by atoms with E-state index in [2.05, 4.69) is 5.32 Å². The van der Waals surface area contributed by atoms with Crippen LogP contribution in [0.4, 0.5) is 11.4 Å². The summed E-state index contributed by atoms with van der Waals surface area (Å²) < 4.78 is 5.09. The van der Waals surface area contributed by atoms with Gasteiger partial charge in [0.05, 0.1) is 23.1 Å². The minimum Gasteiger partial charge on any atom is -0.452 e. The normalized spacial score (nSPS) is 19.6. The predicted octanol–water partition coefficient (Wildman–Crippen LogP) is 3.50. The Bertz CT molecular complexity index is 1050. The number of hydrogen-bond donors (Lipinski definition) is 1. The van der Waals surface area contributed by atoms with E-state index in [4.69, 9.17) is 4.74 Å². The average Bonchev–Trinajstić information content (AvgIpc) is 3.08. The molecule has 3 amide bonds. The summed E-state index contributed by atoms with van der Waals surface area (Å²) >= 11 is 0. The minimum atomic E-state index is -0.662. The summed E-state index contributed by atoms with van der Waals surface area (Å²) in [6.45, 7) is 1.62. The molecule has 164 valence electrons. The second kappa shape index (κ2) is 9.18. The van der Waals surface area contributed by atoms with Crippen LogP contribution >= 0.6 is 0 Å². The highest BCUT2D eigenvalue weighted by Crippen LogP contribution is 2.37. The number of amides is 3. The zero-order chi connectivity index (χ0) is 22.7. The van der Waals surface area contributed by atoms with Crippen LogP contribution in [0.3, 0.4) is 0 Å². The lowest BCUT2D eigenvalue weighted by Crippen LogP contribution is -2.30. The van der Waals surface area contributed by atoms with Crippen LogP contribution in [-0.2, 0) is 25.5 Å². The summed E-state index contributed by atoms with van der Waals surface area (Å²) in [5.74, 6) is -2.14. The Labute approximate surface area is 186 Å². The maximum Gasteiger partial charge on any atom is 0.338 e. The number of hydrogen-bond acceptors (Lipinski definition) is 5. The fraction of sp³-hybridized carbons (Fsp3) is 0.280. The van der Waals surface area contributed by atoms with Crippen LogP contribution in [-0.4, -0.2) is 30.3 Å². The van der Waals surface area contributed by atoms with E-state index in [1.807, 2.05) is 31.2 Å². The largest absolute Gasteiger partial charge is 0.452 e. The van der Waals surface area contributed by atoms with E-state index >= 15 is 0 Å². The van der Waals surface area contributed by atoms with Crippen LogP contribution < -0.4 is 10.2 Å². The van der Waals surface area contributed by atoms with E-state index < -0.39 is 18.5 Å². The molecule has 1 aliphatic heterocycles. The summed E-state index contributed by atoms with van der Waals surface area (Å²) in [6.07, 6.45) is 5.92. The van der Waals surface area contributed by atoms with Gasteiger partial charge in [-0.25, -0.2) is 4.79 Å². The lowest BCUT2D eigenvalue weighted by atomic mass is 9.85. The molecule has 2 aliphatic rings. The Morgan fingerprint density at radius 1 is 0.938 bits per heavy atom. The smallest absolute Gasteiger partial charge is 0.338 e. The van der Waals surface area contributed by atoms with E-state index in [9.17, 15) is 19.2 Å². The second-order valence-corrected chi connectivity index (χ2v) is 7.89. The highest BCUT2D eigenvalue weighted by molar-refractivity contribution is 6.22. The number of carbonyl (C=O) groups is 4. The Morgan fingerprint density at radius 2 is 1.53 bits per heavy atom. The molecule has 0 bridgehead atoms. The molecule has 2 atom stereocenters. The zero-order valence-corrected chi connectivity index (χ0v) is 17.7. The van der Waals surface area contributed by atoms with Crippen LogP contribution in [0.25, 0.3) is 0 Å². The lowest BCUT2D eigenvalue weighted by Gasteiger charge is -2.15. The Hall–Kier alpha value is -3.74. The van der Waals surface area contributed by atoms with Crippen LogP contribution in [0.5, 0.6) is 0 Å². The molecule has 0 unspecified atom stereocenters. The standard InChI is InChI=1S/C25H24N2O5/c1-2-16-7-11-18(12-8-16)26-22(28)15-32-25(31)17-9-13-19(14-10-17)27-23(29)20-5-3-4-6-21(20)24(27)30/h3-4,7-14,20-21H,2,5-6,15H2,1H3,(H,26,28)/t20-,21+. The number of allylic oxidation sites excluding steroid dienone is 2. The molecule has 1 aliphatic carbocycles. The van der Waals surface area contributed by atoms with Crippen molar-refractivity contribution in [3.8, 4) is 0 Å². The van der Waals surface area contributed by atoms with Gasteiger partial charge in [-0.15, -0.1) is 0 Å². The van der Waals surface area contributed by atoms with Gasteiger partial charge in [0.15, 0.2) is 6.61 Å². The molecular formula is C25H24N2O5. The number of rotatable bonds is 6. The number of anilines is 2. The van der Waals surface area contributed by atoms with Gasteiger partial charge in [0, 0.05) is 5.69 Å². The van der Waals surface area contributed by atoms with Crippen LogP contribution in [0.2, 0.25) is 0 Å². The van der Waals surface area contributed by atoms with E-state index in [0.29, 0.717) is 24.2 Å². The first-order chi connectivity index (χ1) is 15.5. The third-order valence-electron chi connectivity index (χ3n) is 5.85. The van der Waals surface area contributed by atoms with E-state index in [0.717, 1.165) is 12.0 Å². The third kappa shape index (κ3) is 4.32. The molecule has 2 aromatic rings. The molecule has 1 N–H and O–H groups in total. The van der Waals surface area contributed by atoms with Gasteiger partial charge in [0.1, 0.15) is 0 Å². The van der Waals surface area contributed by atoms with E-state index in [-0.39, 0.29) is 29.2 Å². The van der Waals surface area contributed by atoms with Crippen molar-refractivity contribution in [2.24, 2.45) is 11.8 Å². The first-order valence-corrected chi connectivity index (χ1v) is 10.7. The molecule has 0 spiro atoms. The van der Waals surface area contributed by atoms with E-state index in [1.165, 1.54) is 17.0 Å². The van der Waals surface area contributed by atoms with Crippen LogP contribution in [0, 0.1) is 11.8 Å². The van der Waals surface area contributed by atoms with E-state index in [1.54, 1.807) is 24.3 Å². The maximum absolute atomic E-state index is 12.7. The number of fused-ring (bicyclic) bond motifs is 1. The summed E-state index contributed by atoms with van der Waals surface area (Å²) in [5.41, 5.74) is 2.44. The molecule has 1 fully saturated rings. The SMILES string of the molecule is CCc1ccc(NC(=O)COC(=O)c2ccc(N3C(=O)[C@H]4CC=CC[C@H]4C3=O)cc2)cc1. The molecule has 2 aromatic carbocycles. The quantitative estimate of drug-likeness (QED) is 0.428. The van der Waals surface area contributed by atoms with Crippen molar-refractivity contribution in [2.45, 2.75) is 26.2 Å². The van der Waals surface area contributed by atoms with Crippen molar-refractivity contribution in [2.75, 3.05) is 16.8 Å². The van der Waals surface area contributed by atoms with Crippen molar-refractivity contribution in [3.05, 3.63) is 71.8 Å². The highest BCUT2D eigenvalue weighted by atomic mass is 16.5. The molecule has 0 saturated carbocycles. The van der Waals surface area contributed by atoms with Gasteiger partial charge in [-0.05, 0) is 61.2 Å². The van der Waals surface area contributed by atoms with Crippen molar-refractivity contribution < 1.29 is 23.9 Å². The third-order valence-corrected chi connectivity index (χ3v) is 5.85. The number of ether oxygens (including phenoxy) is 1. The van der Waals surface area contributed by atoms with Crippen molar-refractivity contribution in [3.63, 3.8) is 0 Å². The van der Waals surface area contributed by atoms with Gasteiger partial charge >= 0.3 is 5.97 Å². The van der Waals surface area contributed by atoms with Crippen molar-refractivity contribution in [1.29, 1.82) is 0 Å². The average molecular weight is 432 g/mol. The van der Waals surface area contributed by atoms with Crippen molar-refractivity contribution in [1.82, 2.24) is 0 Å². The van der Waals surface area contributed by atoms with Gasteiger partial charge in [0.25, 0.3) is 5.91 Å². The van der Waals surface area contributed by atoms with Crippen molar-refractivity contribution >= 4 is 35.1 Å². The van der Waals surface area contributed by atoms with Gasteiger partial charge in [-0.3, -0.25) is 19.3 Å². The van der Waals surface area contributed by atoms with Crippen LogP contribution in [0.15, 0.2) is 60.7 Å². The first kappa shape index (κ1) is 21.5. The monoisotopic (exact) mass is 432 g/mol. The molecule has 1 saturated heterocycles. The number of carbonyl (C=O) groups excluding carboxylic acids is 4. The van der Waals surface area contributed by atoms with Crippen LogP contribution in [0.1, 0.15) is 35.7 Å².